The van der Waals surface area contributed by atoms with Crippen LogP contribution in [0.2, 0.25) is 0 Å². The van der Waals surface area contributed by atoms with Gasteiger partial charge < -0.3 is 5.32 Å². The summed E-state index contributed by atoms with van der Waals surface area (Å²) >= 11 is 0. The minimum atomic E-state index is 0.427. The second-order valence-electron chi connectivity index (χ2n) is 4.70. The highest BCUT2D eigenvalue weighted by Crippen LogP contribution is 2.30. The van der Waals surface area contributed by atoms with Crippen molar-refractivity contribution in [2.24, 2.45) is 0 Å². The fraction of sp³-hybridized carbons (Fsp3) is 0.357. The van der Waals surface area contributed by atoms with Gasteiger partial charge in [-0.05, 0) is 44.5 Å². The summed E-state index contributed by atoms with van der Waals surface area (Å²) in [7, 11) is 2.00. The summed E-state index contributed by atoms with van der Waals surface area (Å²) < 4.78 is 1.99. The second-order valence-corrected chi connectivity index (χ2v) is 4.70. The molecule has 3 heteroatoms. The van der Waals surface area contributed by atoms with Gasteiger partial charge in [0.05, 0.1) is 17.4 Å². The average molecular weight is 227 g/mol. The van der Waals surface area contributed by atoms with Crippen molar-refractivity contribution in [2.75, 3.05) is 7.05 Å². The number of fused-ring (bicyclic) bond motifs is 1. The van der Waals surface area contributed by atoms with Gasteiger partial charge >= 0.3 is 0 Å². The zero-order chi connectivity index (χ0) is 11.8. The van der Waals surface area contributed by atoms with Gasteiger partial charge in [0, 0.05) is 6.20 Å². The first-order valence-corrected chi connectivity index (χ1v) is 6.10. The summed E-state index contributed by atoms with van der Waals surface area (Å²) in [6.45, 7) is 2.10. The molecule has 0 saturated heterocycles. The van der Waals surface area contributed by atoms with Crippen molar-refractivity contribution in [3.63, 3.8) is 0 Å². The predicted molar refractivity (Wildman–Crippen MR) is 68.4 cm³/mol. The number of aryl methyl sites for hydroxylation is 2. The van der Waals surface area contributed by atoms with Gasteiger partial charge in [-0.3, -0.25) is 0 Å². The topological polar surface area (TPSA) is 29.9 Å². The van der Waals surface area contributed by atoms with Crippen LogP contribution in [0.15, 0.2) is 30.5 Å². The van der Waals surface area contributed by atoms with E-state index >= 15 is 0 Å². The van der Waals surface area contributed by atoms with Crippen molar-refractivity contribution in [1.29, 1.82) is 0 Å². The summed E-state index contributed by atoms with van der Waals surface area (Å²) in [5.74, 6) is 0. The van der Waals surface area contributed by atoms with Crippen LogP contribution in [0.5, 0.6) is 0 Å². The lowest BCUT2D eigenvalue weighted by Crippen LogP contribution is -2.14. The van der Waals surface area contributed by atoms with E-state index in [0.29, 0.717) is 6.04 Å². The van der Waals surface area contributed by atoms with E-state index in [9.17, 15) is 0 Å². The van der Waals surface area contributed by atoms with Crippen molar-refractivity contribution >= 4 is 0 Å². The van der Waals surface area contributed by atoms with Crippen LogP contribution < -0.4 is 5.32 Å². The molecule has 3 rings (SSSR count). The van der Waals surface area contributed by atoms with Crippen LogP contribution in [-0.2, 0) is 6.42 Å². The summed E-state index contributed by atoms with van der Waals surface area (Å²) in [6.07, 6.45) is 4.47. The third kappa shape index (κ3) is 1.76. The third-order valence-electron chi connectivity index (χ3n) is 3.50. The molecule has 0 aliphatic heterocycles. The lowest BCUT2D eigenvalue weighted by molar-refractivity contribution is 0.566. The van der Waals surface area contributed by atoms with Crippen molar-refractivity contribution in [3.8, 4) is 5.69 Å². The quantitative estimate of drug-likeness (QED) is 0.853. The Kier molecular flexibility index (Phi) is 2.48. The first kappa shape index (κ1) is 10.5. The summed E-state index contributed by atoms with van der Waals surface area (Å²) in [5, 5.41) is 8.02. The molecule has 17 heavy (non-hydrogen) atoms. The van der Waals surface area contributed by atoms with E-state index in [2.05, 4.69) is 42.7 Å². The Morgan fingerprint density at radius 2 is 2.06 bits per heavy atom. The van der Waals surface area contributed by atoms with Crippen LogP contribution >= 0.6 is 0 Å². The molecule has 1 N–H and O–H groups in total. The Labute approximate surface area is 101 Å². The summed E-state index contributed by atoms with van der Waals surface area (Å²) in [6, 6.07) is 8.91. The van der Waals surface area contributed by atoms with Crippen molar-refractivity contribution < 1.29 is 0 Å². The Bertz CT molecular complexity index is 525. The monoisotopic (exact) mass is 227 g/mol. The Morgan fingerprint density at radius 1 is 1.29 bits per heavy atom. The molecule has 0 radical (unpaired) electrons. The molecule has 0 amide bonds. The number of rotatable bonds is 2. The van der Waals surface area contributed by atoms with Crippen LogP contribution in [0, 0.1) is 6.92 Å². The molecule has 0 saturated carbocycles. The van der Waals surface area contributed by atoms with Crippen LogP contribution in [-0.4, -0.2) is 16.8 Å². The van der Waals surface area contributed by atoms with Gasteiger partial charge in [-0.15, -0.1) is 0 Å². The number of benzene rings is 1. The molecule has 1 unspecified atom stereocenters. The maximum absolute atomic E-state index is 4.70. The molecule has 1 aromatic heterocycles. The number of aromatic nitrogens is 2. The molecule has 1 aromatic carbocycles. The van der Waals surface area contributed by atoms with E-state index in [-0.39, 0.29) is 0 Å². The summed E-state index contributed by atoms with van der Waals surface area (Å²) in [5.41, 5.74) is 5.01. The van der Waals surface area contributed by atoms with E-state index in [0.717, 1.165) is 12.1 Å². The molecule has 1 aliphatic carbocycles. The largest absolute Gasteiger partial charge is 0.312 e. The number of nitrogens with zero attached hydrogens (tertiary/aromatic N) is 2. The highest BCUT2D eigenvalue weighted by Gasteiger charge is 2.24. The molecule has 0 fully saturated rings. The zero-order valence-electron chi connectivity index (χ0n) is 10.3. The minimum Gasteiger partial charge on any atom is -0.312 e. The van der Waals surface area contributed by atoms with Gasteiger partial charge in [0.25, 0.3) is 0 Å². The van der Waals surface area contributed by atoms with E-state index in [1.54, 1.807) is 0 Å². The highest BCUT2D eigenvalue weighted by atomic mass is 15.3. The maximum atomic E-state index is 4.70. The number of hydrogen-bond donors (Lipinski definition) is 1. The Balaban J connectivity index is 1.98. The lowest BCUT2D eigenvalue weighted by Gasteiger charge is -2.07. The van der Waals surface area contributed by atoms with E-state index in [1.807, 2.05) is 11.7 Å². The van der Waals surface area contributed by atoms with Crippen LogP contribution in [0.25, 0.3) is 5.69 Å². The molecule has 1 heterocycles. The van der Waals surface area contributed by atoms with Gasteiger partial charge in [0.1, 0.15) is 0 Å². The standard InChI is InChI=1S/C14H17N3/c1-10-3-6-12(7-4-10)17-9-11-5-8-13(15-2)14(11)16-17/h3-4,6-7,9,13,15H,5,8H2,1-2H3. The van der Waals surface area contributed by atoms with Crippen LogP contribution in [0.3, 0.4) is 0 Å². The van der Waals surface area contributed by atoms with Gasteiger partial charge in [0.15, 0.2) is 0 Å². The van der Waals surface area contributed by atoms with Crippen molar-refractivity contribution in [1.82, 2.24) is 15.1 Å². The first-order valence-electron chi connectivity index (χ1n) is 6.10. The third-order valence-corrected chi connectivity index (χ3v) is 3.50. The predicted octanol–water partition coefficient (Wildman–Crippen LogP) is 2.39. The lowest BCUT2D eigenvalue weighted by atomic mass is 10.2. The van der Waals surface area contributed by atoms with Gasteiger partial charge in [-0.2, -0.15) is 5.10 Å². The van der Waals surface area contributed by atoms with Crippen LogP contribution in [0.4, 0.5) is 0 Å². The van der Waals surface area contributed by atoms with Gasteiger partial charge in [0.2, 0.25) is 0 Å². The molecule has 0 spiro atoms. The molecular weight excluding hydrogens is 210 g/mol. The fourth-order valence-corrected chi connectivity index (χ4v) is 2.46. The van der Waals surface area contributed by atoms with Gasteiger partial charge in [-0.25, -0.2) is 4.68 Å². The van der Waals surface area contributed by atoms with E-state index in [1.165, 1.54) is 23.2 Å². The normalized spacial score (nSPS) is 18.4. The molecule has 1 atom stereocenters. The first-order chi connectivity index (χ1) is 8.28. The van der Waals surface area contributed by atoms with Gasteiger partial charge in [-0.1, -0.05) is 17.7 Å². The second kappa shape index (κ2) is 4.00. The van der Waals surface area contributed by atoms with E-state index < -0.39 is 0 Å². The molecule has 88 valence electrons. The number of nitrogens with one attached hydrogen (secondary N) is 1. The van der Waals surface area contributed by atoms with E-state index in [4.69, 9.17) is 5.10 Å². The zero-order valence-corrected chi connectivity index (χ0v) is 10.3. The Hall–Kier alpha value is -1.61. The number of hydrogen-bond acceptors (Lipinski definition) is 2. The fourth-order valence-electron chi connectivity index (χ4n) is 2.46. The molecular formula is C14H17N3. The molecule has 1 aliphatic rings. The van der Waals surface area contributed by atoms with Crippen LogP contribution in [0.1, 0.15) is 29.3 Å². The molecule has 0 bridgehead atoms. The molecule has 3 nitrogen and oxygen atoms in total. The highest BCUT2D eigenvalue weighted by molar-refractivity contribution is 5.37. The minimum absolute atomic E-state index is 0.427. The smallest absolute Gasteiger partial charge is 0.0830 e. The Morgan fingerprint density at radius 3 is 2.76 bits per heavy atom. The van der Waals surface area contributed by atoms with Crippen molar-refractivity contribution in [2.45, 2.75) is 25.8 Å². The SMILES string of the molecule is CNC1CCc2cn(-c3ccc(C)cc3)nc21. The molecule has 2 aromatic rings. The maximum Gasteiger partial charge on any atom is 0.0830 e. The summed E-state index contributed by atoms with van der Waals surface area (Å²) in [4.78, 5) is 0. The average Bonchev–Trinajstić information content (AvgIpc) is 2.89. The van der Waals surface area contributed by atoms with Crippen molar-refractivity contribution in [3.05, 3.63) is 47.3 Å².